The van der Waals surface area contributed by atoms with Gasteiger partial charge in [0.05, 0.1) is 0 Å². The third kappa shape index (κ3) is 3.27. The molecular weight excluding hydrogens is 284 g/mol. The van der Waals surface area contributed by atoms with Gasteiger partial charge < -0.3 is 5.73 Å². The summed E-state index contributed by atoms with van der Waals surface area (Å²) in [6.45, 7) is 1.84. The van der Waals surface area contributed by atoms with Crippen molar-refractivity contribution in [1.29, 1.82) is 0 Å². The van der Waals surface area contributed by atoms with Crippen LogP contribution in [0.25, 0.3) is 0 Å². The lowest BCUT2D eigenvalue weighted by atomic mass is 9.86. The molecule has 2 aromatic carbocycles. The maximum absolute atomic E-state index is 13.8. The van der Waals surface area contributed by atoms with E-state index < -0.39 is 5.54 Å². The van der Waals surface area contributed by atoms with Gasteiger partial charge in [-0.2, -0.15) is 0 Å². The molecule has 0 radical (unpaired) electrons. The van der Waals surface area contributed by atoms with Crippen LogP contribution in [0.15, 0.2) is 42.5 Å². The summed E-state index contributed by atoms with van der Waals surface area (Å²) >= 11 is 11.9. The first-order valence-electron chi connectivity index (χ1n) is 5.88. The second-order valence-corrected chi connectivity index (χ2v) is 5.65. The van der Waals surface area contributed by atoms with Crippen LogP contribution in [0.2, 0.25) is 10.0 Å². The van der Waals surface area contributed by atoms with Gasteiger partial charge in [-0.15, -0.1) is 0 Å². The number of hydrogen-bond acceptors (Lipinski definition) is 1. The predicted molar refractivity (Wildman–Crippen MR) is 78.1 cm³/mol. The lowest BCUT2D eigenvalue weighted by molar-refractivity contribution is 0.475. The number of benzene rings is 2. The van der Waals surface area contributed by atoms with Gasteiger partial charge in [-0.3, -0.25) is 0 Å². The maximum Gasteiger partial charge on any atom is 0.127 e. The van der Waals surface area contributed by atoms with Gasteiger partial charge >= 0.3 is 0 Å². The van der Waals surface area contributed by atoms with Crippen molar-refractivity contribution in [1.82, 2.24) is 0 Å². The highest BCUT2D eigenvalue weighted by Crippen LogP contribution is 2.30. The van der Waals surface area contributed by atoms with E-state index in [0.29, 0.717) is 22.0 Å². The minimum atomic E-state index is -0.743. The third-order valence-corrected chi connectivity index (χ3v) is 3.63. The van der Waals surface area contributed by atoms with E-state index in [2.05, 4.69) is 0 Å². The number of halogens is 3. The Bertz CT molecular complexity index is 596. The largest absolute Gasteiger partial charge is 0.321 e. The minimum Gasteiger partial charge on any atom is -0.321 e. The molecule has 0 aromatic heterocycles. The van der Waals surface area contributed by atoms with Gasteiger partial charge in [-0.05, 0) is 42.7 Å². The van der Waals surface area contributed by atoms with Crippen LogP contribution in [-0.2, 0) is 12.0 Å². The quantitative estimate of drug-likeness (QED) is 0.884. The zero-order valence-electron chi connectivity index (χ0n) is 10.5. The second kappa shape index (κ2) is 5.49. The van der Waals surface area contributed by atoms with Crippen LogP contribution in [-0.4, -0.2) is 0 Å². The van der Waals surface area contributed by atoms with Crippen LogP contribution in [0.3, 0.4) is 0 Å². The summed E-state index contributed by atoms with van der Waals surface area (Å²) in [5, 5.41) is 0.958. The van der Waals surface area contributed by atoms with E-state index in [4.69, 9.17) is 28.9 Å². The first kappa shape index (κ1) is 14.3. The molecule has 1 unspecified atom stereocenters. The molecular formula is C15H14Cl2FN. The summed E-state index contributed by atoms with van der Waals surface area (Å²) in [5.41, 5.74) is 6.87. The zero-order chi connectivity index (χ0) is 14.0. The molecule has 1 atom stereocenters. The standard InChI is InChI=1S/C15H14Cl2FN/c1-15(19,12-4-2-3-5-13(12)17)9-10-6-7-11(16)8-14(10)18/h2-8H,9,19H2,1H3. The van der Waals surface area contributed by atoms with Crippen molar-refractivity contribution in [2.75, 3.05) is 0 Å². The van der Waals surface area contributed by atoms with E-state index in [1.165, 1.54) is 6.07 Å². The predicted octanol–water partition coefficient (Wildman–Crippen LogP) is 4.55. The molecule has 0 saturated carbocycles. The second-order valence-electron chi connectivity index (χ2n) is 4.81. The zero-order valence-corrected chi connectivity index (χ0v) is 12.0. The van der Waals surface area contributed by atoms with E-state index in [0.717, 1.165) is 5.56 Å². The van der Waals surface area contributed by atoms with E-state index in [1.807, 2.05) is 25.1 Å². The minimum absolute atomic E-state index is 0.347. The van der Waals surface area contributed by atoms with Crippen LogP contribution in [0, 0.1) is 5.82 Å². The smallest absolute Gasteiger partial charge is 0.127 e. The van der Waals surface area contributed by atoms with Crippen molar-refractivity contribution in [3.8, 4) is 0 Å². The van der Waals surface area contributed by atoms with Crippen molar-refractivity contribution in [3.63, 3.8) is 0 Å². The molecule has 0 aliphatic carbocycles. The summed E-state index contributed by atoms with van der Waals surface area (Å²) < 4.78 is 13.8. The van der Waals surface area contributed by atoms with Gasteiger partial charge in [0.15, 0.2) is 0 Å². The van der Waals surface area contributed by atoms with Gasteiger partial charge in [-0.25, -0.2) is 4.39 Å². The van der Waals surface area contributed by atoms with Gasteiger partial charge in [-0.1, -0.05) is 47.5 Å². The Balaban J connectivity index is 2.33. The van der Waals surface area contributed by atoms with Crippen molar-refractivity contribution in [2.24, 2.45) is 5.73 Å². The fourth-order valence-electron chi connectivity index (χ4n) is 2.08. The summed E-state index contributed by atoms with van der Waals surface area (Å²) in [5.74, 6) is -0.351. The molecule has 0 heterocycles. The molecule has 0 bridgehead atoms. The average molecular weight is 298 g/mol. The van der Waals surface area contributed by atoms with Crippen LogP contribution in [0.1, 0.15) is 18.1 Å². The Kier molecular flexibility index (Phi) is 4.14. The molecule has 19 heavy (non-hydrogen) atoms. The van der Waals surface area contributed by atoms with E-state index in [-0.39, 0.29) is 5.82 Å². The SMILES string of the molecule is CC(N)(Cc1ccc(Cl)cc1F)c1ccccc1Cl. The molecule has 4 heteroatoms. The van der Waals surface area contributed by atoms with Gasteiger partial charge in [0.1, 0.15) is 5.82 Å². The lowest BCUT2D eigenvalue weighted by Gasteiger charge is -2.26. The van der Waals surface area contributed by atoms with E-state index in [1.54, 1.807) is 18.2 Å². The normalized spacial score (nSPS) is 14.2. The Morgan fingerprint density at radius 3 is 2.47 bits per heavy atom. The third-order valence-electron chi connectivity index (χ3n) is 3.06. The first-order chi connectivity index (χ1) is 8.90. The monoisotopic (exact) mass is 297 g/mol. The Labute approximate surface area is 122 Å². The molecule has 0 amide bonds. The number of rotatable bonds is 3. The molecule has 0 saturated heterocycles. The molecule has 2 rings (SSSR count). The summed E-state index contributed by atoms with van der Waals surface area (Å²) in [7, 11) is 0. The highest BCUT2D eigenvalue weighted by atomic mass is 35.5. The molecule has 0 aliphatic heterocycles. The van der Waals surface area contributed by atoms with E-state index >= 15 is 0 Å². The van der Waals surface area contributed by atoms with Crippen LogP contribution in [0.5, 0.6) is 0 Å². The number of hydrogen-bond donors (Lipinski definition) is 1. The molecule has 100 valence electrons. The molecule has 0 fully saturated rings. The lowest BCUT2D eigenvalue weighted by Crippen LogP contribution is -2.36. The van der Waals surface area contributed by atoms with Crippen LogP contribution >= 0.6 is 23.2 Å². The van der Waals surface area contributed by atoms with Crippen molar-refractivity contribution < 1.29 is 4.39 Å². The van der Waals surface area contributed by atoms with Crippen molar-refractivity contribution >= 4 is 23.2 Å². The molecule has 2 N–H and O–H groups in total. The van der Waals surface area contributed by atoms with E-state index in [9.17, 15) is 4.39 Å². The first-order valence-corrected chi connectivity index (χ1v) is 6.63. The Hall–Kier alpha value is -1.09. The maximum atomic E-state index is 13.8. The van der Waals surface area contributed by atoms with Gasteiger partial charge in [0.25, 0.3) is 0 Å². The summed E-state index contributed by atoms with van der Waals surface area (Å²) in [4.78, 5) is 0. The van der Waals surface area contributed by atoms with Gasteiger partial charge in [0.2, 0.25) is 0 Å². The van der Waals surface area contributed by atoms with Crippen molar-refractivity contribution in [2.45, 2.75) is 18.9 Å². The van der Waals surface area contributed by atoms with Gasteiger partial charge in [0, 0.05) is 15.6 Å². The summed E-state index contributed by atoms with van der Waals surface area (Å²) in [6.07, 6.45) is 0.347. The summed E-state index contributed by atoms with van der Waals surface area (Å²) in [6, 6.07) is 11.9. The Morgan fingerprint density at radius 2 is 1.84 bits per heavy atom. The fourth-order valence-corrected chi connectivity index (χ4v) is 2.59. The average Bonchev–Trinajstić information content (AvgIpc) is 2.33. The molecule has 2 aromatic rings. The highest BCUT2D eigenvalue weighted by molar-refractivity contribution is 6.31. The molecule has 0 spiro atoms. The van der Waals surface area contributed by atoms with Crippen LogP contribution < -0.4 is 5.73 Å². The van der Waals surface area contributed by atoms with Crippen molar-refractivity contribution in [3.05, 3.63) is 69.5 Å². The van der Waals surface area contributed by atoms with Crippen LogP contribution in [0.4, 0.5) is 4.39 Å². The molecule has 0 aliphatic rings. The molecule has 1 nitrogen and oxygen atoms in total. The number of nitrogens with two attached hydrogens (primary N) is 1. The Morgan fingerprint density at radius 1 is 1.16 bits per heavy atom. The topological polar surface area (TPSA) is 26.0 Å². The fraction of sp³-hybridized carbons (Fsp3) is 0.200. The highest BCUT2D eigenvalue weighted by Gasteiger charge is 2.25.